The predicted molar refractivity (Wildman–Crippen MR) is 108 cm³/mol. The van der Waals surface area contributed by atoms with Crippen LogP contribution < -0.4 is 10.3 Å². The molecular weight excluding hydrogens is 380 g/mol. The molecule has 2 heterocycles. The highest BCUT2D eigenvalue weighted by molar-refractivity contribution is 7.88. The Kier molecular flexibility index (Phi) is 6.96. The van der Waals surface area contributed by atoms with Gasteiger partial charge in [0, 0.05) is 23.9 Å². The Bertz CT molecular complexity index is 827. The summed E-state index contributed by atoms with van der Waals surface area (Å²) in [5, 5.41) is 0. The zero-order valence-electron chi connectivity index (χ0n) is 17.0. The van der Waals surface area contributed by atoms with Crippen molar-refractivity contribution in [2.45, 2.75) is 76.7 Å². The fourth-order valence-corrected chi connectivity index (χ4v) is 5.20. The van der Waals surface area contributed by atoms with Crippen molar-refractivity contribution in [2.24, 2.45) is 0 Å². The molecule has 0 spiro atoms. The van der Waals surface area contributed by atoms with Crippen molar-refractivity contribution in [2.75, 3.05) is 19.5 Å². The van der Waals surface area contributed by atoms with E-state index in [-0.39, 0.29) is 23.7 Å². The minimum absolute atomic E-state index is 0.0637. The van der Waals surface area contributed by atoms with E-state index >= 15 is 0 Å². The van der Waals surface area contributed by atoms with Gasteiger partial charge in [0.25, 0.3) is 5.56 Å². The number of pyridine rings is 1. The quantitative estimate of drug-likeness (QED) is 0.739. The third-order valence-electron chi connectivity index (χ3n) is 5.79. The Morgan fingerprint density at radius 1 is 1.11 bits per heavy atom. The molecule has 2 aliphatic rings. The molecule has 2 atom stereocenters. The second kappa shape index (κ2) is 9.07. The second-order valence-corrected chi connectivity index (χ2v) is 9.75. The van der Waals surface area contributed by atoms with E-state index in [2.05, 4.69) is 4.72 Å². The lowest BCUT2D eigenvalue weighted by Crippen LogP contribution is -2.49. The molecule has 28 heavy (non-hydrogen) atoms. The van der Waals surface area contributed by atoms with Gasteiger partial charge in [-0.05, 0) is 58.4 Å². The molecule has 3 rings (SSSR count). The lowest BCUT2D eigenvalue weighted by molar-refractivity contribution is -0.0398. The summed E-state index contributed by atoms with van der Waals surface area (Å²) in [6.07, 6.45) is 6.72. The average molecular weight is 413 g/mol. The van der Waals surface area contributed by atoms with Crippen LogP contribution in [0, 0.1) is 6.92 Å². The first-order chi connectivity index (χ1) is 13.3. The Labute approximate surface area is 167 Å². The van der Waals surface area contributed by atoms with Gasteiger partial charge in [0.1, 0.15) is 0 Å². The molecule has 1 aromatic heterocycles. The molecule has 0 aromatic carbocycles. The van der Waals surface area contributed by atoms with E-state index in [0.29, 0.717) is 31.1 Å². The zero-order chi connectivity index (χ0) is 20.3. The Morgan fingerprint density at radius 3 is 2.36 bits per heavy atom. The molecule has 0 amide bonds. The van der Waals surface area contributed by atoms with Crippen LogP contribution in [0.1, 0.15) is 56.3 Å². The lowest BCUT2D eigenvalue weighted by atomic mass is 9.94. The molecule has 1 aliphatic carbocycles. The van der Waals surface area contributed by atoms with Crippen molar-refractivity contribution in [3.05, 3.63) is 33.7 Å². The van der Waals surface area contributed by atoms with Crippen molar-refractivity contribution >= 4 is 10.0 Å². The zero-order valence-corrected chi connectivity index (χ0v) is 17.8. The highest BCUT2D eigenvalue weighted by atomic mass is 32.2. The predicted octanol–water partition coefficient (Wildman–Crippen LogP) is 1.93. The fourth-order valence-electron chi connectivity index (χ4n) is 4.38. The third-order valence-corrected chi connectivity index (χ3v) is 6.52. The molecule has 7 nitrogen and oxygen atoms in total. The van der Waals surface area contributed by atoms with Gasteiger partial charge >= 0.3 is 0 Å². The van der Waals surface area contributed by atoms with Gasteiger partial charge < -0.3 is 14.0 Å². The molecular formula is C20H32N2O5S. The van der Waals surface area contributed by atoms with E-state index in [1.807, 2.05) is 19.1 Å². The Balaban J connectivity index is 1.75. The first-order valence-electron chi connectivity index (χ1n) is 10.2. The number of hydrogen-bond donors (Lipinski definition) is 1. The molecule has 1 aromatic rings. The number of fused-ring (bicyclic) bond motifs is 1. The van der Waals surface area contributed by atoms with Gasteiger partial charge in [-0.15, -0.1) is 0 Å². The summed E-state index contributed by atoms with van der Waals surface area (Å²) < 4.78 is 40.1. The van der Waals surface area contributed by atoms with E-state index < -0.39 is 10.0 Å². The van der Waals surface area contributed by atoms with Gasteiger partial charge in [-0.25, -0.2) is 13.1 Å². The Hall–Kier alpha value is -1.22. The molecule has 0 unspecified atom stereocenters. The molecule has 1 N–H and O–H groups in total. The number of aromatic nitrogens is 1. The summed E-state index contributed by atoms with van der Waals surface area (Å²) in [4.78, 5) is 12.8. The first kappa shape index (κ1) is 21.5. The standard InChI is InChI=1S/C20H32N2O5S/c1-4-26-16-8-10-17(11-9-16)27-13-19-18(21-28(3,24)25)12-7-15-6-5-14(2)20(23)22(15)19/h5-6,16-19,21H,4,7-13H2,1-3H3/t16?,17?,18-,19-/m0/s1. The van der Waals surface area contributed by atoms with E-state index in [1.165, 1.54) is 0 Å². The highest BCUT2D eigenvalue weighted by Crippen LogP contribution is 2.28. The van der Waals surface area contributed by atoms with Crippen LogP contribution in [0.5, 0.6) is 0 Å². The largest absolute Gasteiger partial charge is 0.379 e. The maximum absolute atomic E-state index is 12.8. The summed E-state index contributed by atoms with van der Waals surface area (Å²) in [7, 11) is -3.38. The number of sulfonamides is 1. The van der Waals surface area contributed by atoms with E-state index in [9.17, 15) is 13.2 Å². The smallest absolute Gasteiger partial charge is 0.254 e. The van der Waals surface area contributed by atoms with Gasteiger partial charge in [-0.2, -0.15) is 0 Å². The molecule has 158 valence electrons. The maximum Gasteiger partial charge on any atom is 0.254 e. The third kappa shape index (κ3) is 5.23. The molecule has 1 saturated carbocycles. The van der Waals surface area contributed by atoms with Crippen LogP contribution in [0.3, 0.4) is 0 Å². The van der Waals surface area contributed by atoms with Gasteiger partial charge in [0.05, 0.1) is 31.1 Å². The molecule has 0 radical (unpaired) electrons. The normalized spacial score (nSPS) is 28.1. The fraction of sp³-hybridized carbons (Fsp3) is 0.750. The van der Waals surface area contributed by atoms with Crippen molar-refractivity contribution < 1.29 is 17.9 Å². The minimum Gasteiger partial charge on any atom is -0.379 e. The number of hydrogen-bond acceptors (Lipinski definition) is 5. The summed E-state index contributed by atoms with van der Waals surface area (Å²) in [6.45, 7) is 4.86. The van der Waals surface area contributed by atoms with E-state index in [1.54, 1.807) is 11.5 Å². The van der Waals surface area contributed by atoms with Gasteiger partial charge in [0.2, 0.25) is 10.0 Å². The van der Waals surface area contributed by atoms with Crippen LogP contribution in [-0.4, -0.2) is 50.7 Å². The van der Waals surface area contributed by atoms with Gasteiger partial charge in [-0.3, -0.25) is 4.79 Å². The van der Waals surface area contributed by atoms with Crippen LogP contribution in [0.4, 0.5) is 0 Å². The number of nitrogens with zero attached hydrogens (tertiary/aromatic N) is 1. The lowest BCUT2D eigenvalue weighted by Gasteiger charge is -2.37. The number of rotatable bonds is 7. The monoisotopic (exact) mass is 412 g/mol. The highest BCUT2D eigenvalue weighted by Gasteiger charge is 2.33. The molecule has 0 bridgehead atoms. The molecule has 1 fully saturated rings. The van der Waals surface area contributed by atoms with Crippen LogP contribution >= 0.6 is 0 Å². The second-order valence-electron chi connectivity index (χ2n) is 7.97. The van der Waals surface area contributed by atoms with Crippen molar-refractivity contribution in [3.8, 4) is 0 Å². The van der Waals surface area contributed by atoms with Gasteiger partial charge in [-0.1, -0.05) is 6.07 Å². The molecule has 8 heteroatoms. The summed E-state index contributed by atoms with van der Waals surface area (Å²) in [5.41, 5.74) is 1.54. The van der Waals surface area contributed by atoms with Crippen LogP contribution in [0.15, 0.2) is 16.9 Å². The SMILES string of the molecule is CCOC1CCC(OC[C@H]2[C@@H](NS(C)(=O)=O)CCc3ccc(C)c(=O)n32)CC1. The number of nitrogens with one attached hydrogen (secondary N) is 1. The van der Waals surface area contributed by atoms with Crippen molar-refractivity contribution in [3.63, 3.8) is 0 Å². The Morgan fingerprint density at radius 2 is 1.75 bits per heavy atom. The van der Waals surface area contributed by atoms with E-state index in [0.717, 1.165) is 44.2 Å². The van der Waals surface area contributed by atoms with Crippen molar-refractivity contribution in [1.29, 1.82) is 0 Å². The van der Waals surface area contributed by atoms with E-state index in [4.69, 9.17) is 9.47 Å². The first-order valence-corrected chi connectivity index (χ1v) is 12.1. The van der Waals surface area contributed by atoms with Crippen molar-refractivity contribution in [1.82, 2.24) is 9.29 Å². The number of ether oxygens (including phenoxy) is 2. The summed E-state index contributed by atoms with van der Waals surface area (Å²) >= 11 is 0. The number of aryl methyl sites for hydroxylation is 2. The topological polar surface area (TPSA) is 86.6 Å². The van der Waals surface area contributed by atoms with Crippen LogP contribution in [0.2, 0.25) is 0 Å². The summed E-state index contributed by atoms with van der Waals surface area (Å²) in [5.74, 6) is 0. The van der Waals surface area contributed by atoms with Crippen LogP contribution in [-0.2, 0) is 25.9 Å². The molecule has 1 aliphatic heterocycles. The maximum atomic E-state index is 12.8. The molecule has 0 saturated heterocycles. The van der Waals surface area contributed by atoms with Crippen LogP contribution in [0.25, 0.3) is 0 Å². The average Bonchev–Trinajstić information content (AvgIpc) is 2.64. The van der Waals surface area contributed by atoms with Gasteiger partial charge in [0.15, 0.2) is 0 Å². The minimum atomic E-state index is -3.38. The summed E-state index contributed by atoms with van der Waals surface area (Å²) in [6, 6.07) is 3.12.